The standard InChI is InChI=1S/C14H18S/c1-14-8-7-13(9-11(14)10-14)15-12-5-3-2-4-6-12/h2-6,11,13H,7-10H2,1H3/t11-,13?,14+/m0/s1. The van der Waals surface area contributed by atoms with E-state index in [9.17, 15) is 0 Å². The molecular weight excluding hydrogens is 200 g/mol. The molecule has 0 radical (unpaired) electrons. The molecule has 0 nitrogen and oxygen atoms in total. The molecule has 0 N–H and O–H groups in total. The van der Waals surface area contributed by atoms with Crippen molar-refractivity contribution in [2.75, 3.05) is 0 Å². The maximum Gasteiger partial charge on any atom is 0.00974 e. The van der Waals surface area contributed by atoms with Gasteiger partial charge in [-0.2, -0.15) is 0 Å². The van der Waals surface area contributed by atoms with Crippen LogP contribution in [0.4, 0.5) is 0 Å². The van der Waals surface area contributed by atoms with Crippen LogP contribution in [0.15, 0.2) is 35.2 Å². The second-order valence-electron chi connectivity index (χ2n) is 5.38. The first-order valence-corrected chi connectivity index (χ1v) is 6.86. The van der Waals surface area contributed by atoms with Gasteiger partial charge in [0.2, 0.25) is 0 Å². The lowest BCUT2D eigenvalue weighted by Crippen LogP contribution is -2.15. The van der Waals surface area contributed by atoms with Gasteiger partial charge in [0.15, 0.2) is 0 Å². The third-order valence-corrected chi connectivity index (χ3v) is 5.47. The van der Waals surface area contributed by atoms with Crippen LogP contribution in [-0.4, -0.2) is 5.25 Å². The molecule has 3 atom stereocenters. The zero-order valence-electron chi connectivity index (χ0n) is 9.28. The molecule has 2 aliphatic rings. The summed E-state index contributed by atoms with van der Waals surface area (Å²) in [5, 5.41) is 0.882. The summed E-state index contributed by atoms with van der Waals surface area (Å²) in [4.78, 5) is 1.45. The smallest absolute Gasteiger partial charge is 0.00974 e. The van der Waals surface area contributed by atoms with Crippen LogP contribution in [0.2, 0.25) is 0 Å². The zero-order chi connectivity index (χ0) is 10.3. The summed E-state index contributed by atoms with van der Waals surface area (Å²) in [6.45, 7) is 2.47. The van der Waals surface area contributed by atoms with E-state index in [4.69, 9.17) is 0 Å². The molecule has 2 aliphatic carbocycles. The molecule has 0 spiro atoms. The molecule has 1 unspecified atom stereocenters. The normalized spacial score (nSPS) is 38.5. The largest absolute Gasteiger partial charge is 0.123 e. The Labute approximate surface area is 96.5 Å². The van der Waals surface area contributed by atoms with E-state index in [1.807, 2.05) is 0 Å². The molecule has 0 aromatic heterocycles. The van der Waals surface area contributed by atoms with E-state index in [2.05, 4.69) is 49.0 Å². The first-order chi connectivity index (χ1) is 7.26. The number of thioether (sulfide) groups is 1. The minimum Gasteiger partial charge on any atom is -0.123 e. The average molecular weight is 218 g/mol. The first-order valence-electron chi connectivity index (χ1n) is 5.98. The van der Waals surface area contributed by atoms with Crippen LogP contribution in [0.3, 0.4) is 0 Å². The van der Waals surface area contributed by atoms with Gasteiger partial charge in [0.1, 0.15) is 0 Å². The van der Waals surface area contributed by atoms with Crippen LogP contribution < -0.4 is 0 Å². The van der Waals surface area contributed by atoms with Gasteiger partial charge in [-0.1, -0.05) is 25.1 Å². The Morgan fingerprint density at radius 2 is 2.07 bits per heavy atom. The molecule has 0 heterocycles. The maximum atomic E-state index is 2.47. The second-order valence-corrected chi connectivity index (χ2v) is 6.76. The van der Waals surface area contributed by atoms with Crippen molar-refractivity contribution in [1.82, 2.24) is 0 Å². The Balaban J connectivity index is 1.61. The Morgan fingerprint density at radius 3 is 2.80 bits per heavy atom. The van der Waals surface area contributed by atoms with Crippen molar-refractivity contribution in [2.45, 2.75) is 42.8 Å². The van der Waals surface area contributed by atoms with Gasteiger partial charge < -0.3 is 0 Å². The van der Waals surface area contributed by atoms with Crippen molar-refractivity contribution in [1.29, 1.82) is 0 Å². The molecule has 1 aromatic carbocycles. The van der Waals surface area contributed by atoms with Gasteiger partial charge in [0, 0.05) is 10.1 Å². The van der Waals surface area contributed by atoms with Crippen LogP contribution in [0.1, 0.15) is 32.6 Å². The van der Waals surface area contributed by atoms with E-state index in [-0.39, 0.29) is 0 Å². The van der Waals surface area contributed by atoms with E-state index in [0.29, 0.717) is 0 Å². The van der Waals surface area contributed by atoms with Gasteiger partial charge in [-0.25, -0.2) is 0 Å². The Bertz CT molecular complexity index is 346. The van der Waals surface area contributed by atoms with Crippen molar-refractivity contribution in [3.05, 3.63) is 30.3 Å². The van der Waals surface area contributed by atoms with Gasteiger partial charge in [0.05, 0.1) is 0 Å². The summed E-state index contributed by atoms with van der Waals surface area (Å²) >= 11 is 2.09. The van der Waals surface area contributed by atoms with E-state index >= 15 is 0 Å². The highest BCUT2D eigenvalue weighted by molar-refractivity contribution is 8.00. The molecule has 0 aliphatic heterocycles. The van der Waals surface area contributed by atoms with Crippen molar-refractivity contribution in [3.8, 4) is 0 Å². The van der Waals surface area contributed by atoms with Crippen molar-refractivity contribution in [2.24, 2.45) is 11.3 Å². The summed E-state index contributed by atoms with van der Waals surface area (Å²) in [5.41, 5.74) is 0.758. The SMILES string of the molecule is C[C@]12CCC(Sc3ccccc3)C[C@H]1C2. The summed E-state index contributed by atoms with van der Waals surface area (Å²) in [7, 11) is 0. The molecule has 1 aromatic rings. The van der Waals surface area contributed by atoms with E-state index in [0.717, 1.165) is 16.6 Å². The topological polar surface area (TPSA) is 0 Å². The highest BCUT2D eigenvalue weighted by Crippen LogP contribution is 2.62. The summed E-state index contributed by atoms with van der Waals surface area (Å²) < 4.78 is 0. The van der Waals surface area contributed by atoms with Crippen molar-refractivity contribution in [3.63, 3.8) is 0 Å². The molecule has 0 saturated heterocycles. The molecule has 2 fully saturated rings. The van der Waals surface area contributed by atoms with Gasteiger partial charge >= 0.3 is 0 Å². The number of benzene rings is 1. The number of fused-ring (bicyclic) bond motifs is 1. The fourth-order valence-electron chi connectivity index (χ4n) is 2.90. The van der Waals surface area contributed by atoms with Gasteiger partial charge in [-0.3, -0.25) is 0 Å². The fraction of sp³-hybridized carbons (Fsp3) is 0.571. The second kappa shape index (κ2) is 3.55. The van der Waals surface area contributed by atoms with Gasteiger partial charge in [-0.15, -0.1) is 11.8 Å². The lowest BCUT2D eigenvalue weighted by atomic mass is 9.90. The monoisotopic (exact) mass is 218 g/mol. The molecule has 0 bridgehead atoms. The van der Waals surface area contributed by atoms with Crippen LogP contribution in [-0.2, 0) is 0 Å². The predicted octanol–water partition coefficient (Wildman–Crippen LogP) is 4.36. The van der Waals surface area contributed by atoms with Crippen molar-refractivity contribution >= 4 is 11.8 Å². The van der Waals surface area contributed by atoms with Crippen molar-refractivity contribution < 1.29 is 0 Å². The summed E-state index contributed by atoms with van der Waals surface area (Å²) in [5.74, 6) is 1.05. The van der Waals surface area contributed by atoms with Gasteiger partial charge in [-0.05, 0) is 49.1 Å². The third kappa shape index (κ3) is 1.94. The quantitative estimate of drug-likeness (QED) is 0.711. The number of hydrogen-bond donors (Lipinski definition) is 0. The zero-order valence-corrected chi connectivity index (χ0v) is 10.1. The van der Waals surface area contributed by atoms with Crippen LogP contribution >= 0.6 is 11.8 Å². The Hall–Kier alpha value is -0.430. The molecule has 2 saturated carbocycles. The van der Waals surface area contributed by atoms with E-state index in [1.165, 1.54) is 30.6 Å². The molecule has 0 amide bonds. The fourth-order valence-corrected chi connectivity index (χ4v) is 4.17. The van der Waals surface area contributed by atoms with E-state index in [1.54, 1.807) is 0 Å². The van der Waals surface area contributed by atoms with Crippen LogP contribution in [0, 0.1) is 11.3 Å². The minimum absolute atomic E-state index is 0.758. The summed E-state index contributed by atoms with van der Waals surface area (Å²) in [6.07, 6.45) is 5.84. The average Bonchev–Trinajstić information content (AvgIpc) is 2.91. The molecule has 1 heteroatoms. The van der Waals surface area contributed by atoms with Crippen LogP contribution in [0.25, 0.3) is 0 Å². The highest BCUT2D eigenvalue weighted by Gasteiger charge is 2.52. The molecule has 3 rings (SSSR count). The minimum atomic E-state index is 0.758. The number of rotatable bonds is 2. The molecule has 80 valence electrons. The predicted molar refractivity (Wildman–Crippen MR) is 66.2 cm³/mol. The maximum absolute atomic E-state index is 2.47. The highest BCUT2D eigenvalue weighted by atomic mass is 32.2. The lowest BCUT2D eigenvalue weighted by Gasteiger charge is -2.25. The van der Waals surface area contributed by atoms with Gasteiger partial charge in [0.25, 0.3) is 0 Å². The Kier molecular flexibility index (Phi) is 2.31. The third-order valence-electron chi connectivity index (χ3n) is 4.17. The Morgan fingerprint density at radius 1 is 1.27 bits per heavy atom. The van der Waals surface area contributed by atoms with E-state index < -0.39 is 0 Å². The lowest BCUT2D eigenvalue weighted by molar-refractivity contribution is 0.373. The molecule has 15 heavy (non-hydrogen) atoms. The number of hydrogen-bond acceptors (Lipinski definition) is 1. The first kappa shape index (κ1) is 9.77. The van der Waals surface area contributed by atoms with Crippen LogP contribution in [0.5, 0.6) is 0 Å². The summed E-state index contributed by atoms with van der Waals surface area (Å²) in [6, 6.07) is 10.9. The molecular formula is C14H18S.